The second kappa shape index (κ2) is 10.2. The molecule has 0 saturated carbocycles. The standard InChI is InChI=1S/C30H30N4O4S/c1-32-15-13-23-24-17-34(30(36)31-21-7-4-6-20(16-21)29(35)38-3)27(19-9-11-22(37-2)12-10-19)25-8-5-14-33(25)28(24)39-26(23)18-32/h4-12,14,16,27H,13,15,17-18H2,1-3H3,(H,31,36). The lowest BCUT2D eigenvalue weighted by Crippen LogP contribution is -2.38. The molecule has 0 aliphatic carbocycles. The number of nitrogens with zero attached hydrogens (tertiary/aromatic N) is 3. The molecule has 200 valence electrons. The van der Waals surface area contributed by atoms with Crippen molar-refractivity contribution < 1.29 is 19.1 Å². The number of esters is 1. The first kappa shape index (κ1) is 25.2. The van der Waals surface area contributed by atoms with Crippen molar-refractivity contribution in [2.45, 2.75) is 25.6 Å². The molecule has 0 fully saturated rings. The number of amides is 2. The minimum Gasteiger partial charge on any atom is -0.497 e. The Bertz CT molecular complexity index is 1540. The zero-order chi connectivity index (χ0) is 27.1. The molecule has 9 heteroatoms. The van der Waals surface area contributed by atoms with Crippen LogP contribution in [-0.2, 0) is 24.2 Å². The number of methoxy groups -OCH3 is 2. The molecule has 39 heavy (non-hydrogen) atoms. The van der Waals surface area contributed by atoms with Crippen molar-refractivity contribution in [3.8, 4) is 10.8 Å². The van der Waals surface area contributed by atoms with Crippen LogP contribution in [0, 0.1) is 0 Å². The maximum Gasteiger partial charge on any atom is 0.337 e. The van der Waals surface area contributed by atoms with E-state index in [1.807, 2.05) is 46.6 Å². The predicted molar refractivity (Wildman–Crippen MR) is 151 cm³/mol. The lowest BCUT2D eigenvalue weighted by molar-refractivity contribution is 0.0600. The van der Waals surface area contributed by atoms with E-state index < -0.39 is 5.97 Å². The summed E-state index contributed by atoms with van der Waals surface area (Å²) < 4.78 is 12.5. The molecule has 4 aromatic rings. The van der Waals surface area contributed by atoms with Crippen molar-refractivity contribution >= 4 is 29.0 Å². The molecular formula is C30H30N4O4S. The summed E-state index contributed by atoms with van der Waals surface area (Å²) in [4.78, 5) is 31.8. The summed E-state index contributed by atoms with van der Waals surface area (Å²) in [6, 6.07) is 18.3. The average Bonchev–Trinajstić information content (AvgIpc) is 3.54. The molecule has 2 aromatic carbocycles. The highest BCUT2D eigenvalue weighted by molar-refractivity contribution is 7.15. The van der Waals surface area contributed by atoms with Crippen molar-refractivity contribution in [2.24, 2.45) is 0 Å². The molecule has 2 aliphatic heterocycles. The van der Waals surface area contributed by atoms with E-state index in [4.69, 9.17) is 9.47 Å². The van der Waals surface area contributed by atoms with Gasteiger partial charge in [0, 0.05) is 35.4 Å². The quantitative estimate of drug-likeness (QED) is 0.347. The van der Waals surface area contributed by atoms with Gasteiger partial charge in [-0.25, -0.2) is 9.59 Å². The minimum absolute atomic E-state index is 0.244. The molecule has 1 atom stereocenters. The number of hydrogen-bond acceptors (Lipinski definition) is 6. The first-order valence-corrected chi connectivity index (χ1v) is 13.7. The highest BCUT2D eigenvalue weighted by Crippen LogP contribution is 2.43. The molecule has 0 saturated heterocycles. The highest BCUT2D eigenvalue weighted by Gasteiger charge is 2.36. The molecule has 6 rings (SSSR count). The van der Waals surface area contributed by atoms with Gasteiger partial charge in [0.25, 0.3) is 0 Å². The average molecular weight is 543 g/mol. The van der Waals surface area contributed by atoms with Crippen molar-refractivity contribution in [1.82, 2.24) is 14.4 Å². The molecule has 2 aromatic heterocycles. The number of rotatable bonds is 4. The largest absolute Gasteiger partial charge is 0.497 e. The first-order chi connectivity index (χ1) is 19.0. The van der Waals surface area contributed by atoms with Crippen LogP contribution in [-0.4, -0.2) is 54.2 Å². The van der Waals surface area contributed by atoms with E-state index in [-0.39, 0.29) is 12.1 Å². The SMILES string of the molecule is COC(=O)c1cccc(NC(=O)N2Cc3c(sc4c3CCN(C)C4)-n3cccc3C2c2ccc(OC)cc2)c1. The molecule has 0 bridgehead atoms. The van der Waals surface area contributed by atoms with Crippen LogP contribution in [0.25, 0.3) is 5.00 Å². The summed E-state index contributed by atoms with van der Waals surface area (Å²) >= 11 is 1.82. The van der Waals surface area contributed by atoms with Crippen LogP contribution >= 0.6 is 11.3 Å². The van der Waals surface area contributed by atoms with Crippen LogP contribution < -0.4 is 10.1 Å². The zero-order valence-electron chi connectivity index (χ0n) is 22.1. The van der Waals surface area contributed by atoms with Gasteiger partial charge in [-0.2, -0.15) is 0 Å². The van der Waals surface area contributed by atoms with Gasteiger partial charge in [-0.1, -0.05) is 18.2 Å². The number of carbonyl (C=O) groups excluding carboxylic acids is 2. The van der Waals surface area contributed by atoms with E-state index >= 15 is 0 Å². The minimum atomic E-state index is -0.450. The third-order valence-corrected chi connectivity index (χ3v) is 8.74. The van der Waals surface area contributed by atoms with Crippen molar-refractivity contribution in [3.63, 3.8) is 0 Å². The Morgan fingerprint density at radius 2 is 1.82 bits per heavy atom. The highest BCUT2D eigenvalue weighted by atomic mass is 32.1. The van der Waals surface area contributed by atoms with Gasteiger partial charge >= 0.3 is 12.0 Å². The van der Waals surface area contributed by atoms with E-state index in [1.54, 1.807) is 31.4 Å². The number of thiophene rings is 1. The topological polar surface area (TPSA) is 76.0 Å². The maximum absolute atomic E-state index is 14.1. The van der Waals surface area contributed by atoms with Crippen molar-refractivity contribution in [1.29, 1.82) is 0 Å². The van der Waals surface area contributed by atoms with Crippen LogP contribution in [0.1, 0.15) is 43.7 Å². The van der Waals surface area contributed by atoms with E-state index in [0.717, 1.165) is 36.5 Å². The second-order valence-electron chi connectivity index (χ2n) is 9.88. The number of benzene rings is 2. The third kappa shape index (κ3) is 4.57. The summed E-state index contributed by atoms with van der Waals surface area (Å²) in [6.07, 6.45) is 3.05. The number of aromatic nitrogens is 1. The summed E-state index contributed by atoms with van der Waals surface area (Å²) in [5, 5.41) is 4.23. The van der Waals surface area contributed by atoms with Gasteiger partial charge in [0.2, 0.25) is 0 Å². The van der Waals surface area contributed by atoms with E-state index in [0.29, 0.717) is 17.8 Å². The second-order valence-corrected chi connectivity index (χ2v) is 11.0. The Kier molecular flexibility index (Phi) is 6.62. The Balaban J connectivity index is 1.45. The molecule has 0 spiro atoms. The Morgan fingerprint density at radius 1 is 1.00 bits per heavy atom. The van der Waals surface area contributed by atoms with Crippen LogP contribution in [0.15, 0.2) is 66.9 Å². The number of urea groups is 1. The molecule has 8 nitrogen and oxygen atoms in total. The number of fused-ring (bicyclic) bond motifs is 5. The normalized spacial score (nSPS) is 16.5. The van der Waals surface area contributed by atoms with E-state index in [2.05, 4.69) is 34.1 Å². The number of carbonyl (C=O) groups is 2. The molecule has 0 radical (unpaired) electrons. The van der Waals surface area contributed by atoms with Gasteiger partial charge in [-0.15, -0.1) is 11.3 Å². The Morgan fingerprint density at radius 3 is 2.59 bits per heavy atom. The van der Waals surface area contributed by atoms with Gasteiger partial charge in [0.15, 0.2) is 0 Å². The van der Waals surface area contributed by atoms with Crippen LogP contribution in [0.2, 0.25) is 0 Å². The fourth-order valence-electron chi connectivity index (χ4n) is 5.53. The van der Waals surface area contributed by atoms with Gasteiger partial charge in [-0.05, 0) is 67.1 Å². The number of anilines is 1. The lowest BCUT2D eigenvalue weighted by Gasteiger charge is -2.32. The van der Waals surface area contributed by atoms with E-state index in [9.17, 15) is 9.59 Å². The van der Waals surface area contributed by atoms with Crippen molar-refractivity contribution in [2.75, 3.05) is 33.1 Å². The fourth-order valence-corrected chi connectivity index (χ4v) is 6.97. The molecular weight excluding hydrogens is 512 g/mol. The van der Waals surface area contributed by atoms with Crippen LogP contribution in [0.4, 0.5) is 10.5 Å². The predicted octanol–water partition coefficient (Wildman–Crippen LogP) is 5.46. The van der Waals surface area contributed by atoms with Gasteiger partial charge in [-0.3, -0.25) is 0 Å². The Hall–Kier alpha value is -4.08. The van der Waals surface area contributed by atoms with Crippen LogP contribution in [0.3, 0.4) is 0 Å². The number of likely N-dealkylation sites (N-methyl/N-ethyl adjacent to an activating group) is 1. The number of hydrogen-bond donors (Lipinski definition) is 1. The third-order valence-electron chi connectivity index (χ3n) is 7.48. The summed E-state index contributed by atoms with van der Waals surface area (Å²) in [5.41, 5.74) is 5.47. The van der Waals surface area contributed by atoms with Crippen molar-refractivity contribution in [3.05, 3.63) is 99.7 Å². The van der Waals surface area contributed by atoms with E-state index in [1.165, 1.54) is 28.1 Å². The summed E-state index contributed by atoms with van der Waals surface area (Å²) in [6.45, 7) is 2.37. The molecule has 1 N–H and O–H groups in total. The zero-order valence-corrected chi connectivity index (χ0v) is 23.0. The lowest BCUT2D eigenvalue weighted by atomic mass is 10.00. The first-order valence-electron chi connectivity index (χ1n) is 12.9. The van der Waals surface area contributed by atoms with Gasteiger partial charge in [0.1, 0.15) is 10.8 Å². The molecule has 2 amide bonds. The summed E-state index contributed by atoms with van der Waals surface area (Å²) in [7, 11) is 5.14. The number of nitrogens with one attached hydrogen (secondary N) is 1. The monoisotopic (exact) mass is 542 g/mol. The molecule has 1 unspecified atom stereocenters. The maximum atomic E-state index is 14.1. The molecule has 2 aliphatic rings. The van der Waals surface area contributed by atoms with Gasteiger partial charge in [0.05, 0.1) is 38.1 Å². The smallest absolute Gasteiger partial charge is 0.337 e. The number of ether oxygens (including phenoxy) is 2. The van der Waals surface area contributed by atoms with Gasteiger partial charge < -0.3 is 29.2 Å². The fraction of sp³-hybridized carbons (Fsp3) is 0.267. The Labute approximate surface area is 231 Å². The van der Waals surface area contributed by atoms with Crippen LogP contribution in [0.5, 0.6) is 5.75 Å². The molecule has 4 heterocycles. The summed E-state index contributed by atoms with van der Waals surface area (Å²) in [5.74, 6) is 0.310.